The Morgan fingerprint density at radius 1 is 1.27 bits per heavy atom. The fraction of sp³-hybridized carbons (Fsp3) is 0.400. The van der Waals surface area contributed by atoms with Gasteiger partial charge >= 0.3 is 0 Å². The van der Waals surface area contributed by atoms with Crippen molar-refractivity contribution < 1.29 is 28.6 Å². The smallest absolute Gasteiger partial charge is 0.226 e. The zero-order valence-corrected chi connectivity index (χ0v) is 16.3. The van der Waals surface area contributed by atoms with E-state index >= 15 is 0 Å². The molecular formula is C20H23FN4O5. The number of nitrogens with two attached hydrogens (primary N) is 1. The highest BCUT2D eigenvalue weighted by Gasteiger charge is 2.29. The van der Waals surface area contributed by atoms with Crippen LogP contribution in [0.4, 0.5) is 4.39 Å². The van der Waals surface area contributed by atoms with Gasteiger partial charge < -0.3 is 20.5 Å². The van der Waals surface area contributed by atoms with Gasteiger partial charge in [-0.2, -0.15) is 5.10 Å². The first-order valence-corrected chi connectivity index (χ1v) is 9.57. The van der Waals surface area contributed by atoms with Gasteiger partial charge in [0.25, 0.3) is 0 Å². The predicted molar refractivity (Wildman–Crippen MR) is 104 cm³/mol. The van der Waals surface area contributed by atoms with Gasteiger partial charge in [0.05, 0.1) is 18.9 Å². The third-order valence-electron chi connectivity index (χ3n) is 4.96. The molecule has 0 radical (unpaired) electrons. The van der Waals surface area contributed by atoms with Gasteiger partial charge in [-0.1, -0.05) is 0 Å². The third kappa shape index (κ3) is 5.20. The summed E-state index contributed by atoms with van der Waals surface area (Å²) in [6.07, 6.45) is 0.00258. The number of ketones is 1. The SMILES string of the molecule is NC(=O)CCC(CC(=O)c1cc(-c2cc(F)ccc2O)n[nH]1)C(=O)N1CCOCC1. The molecule has 2 heterocycles. The van der Waals surface area contributed by atoms with Crippen LogP contribution in [0.3, 0.4) is 0 Å². The number of hydrogen-bond acceptors (Lipinski definition) is 6. The highest BCUT2D eigenvalue weighted by Crippen LogP contribution is 2.29. The standard InChI is InChI=1S/C20H23FN4O5/c21-13-2-3-17(26)14(10-13)15-11-16(24-23-15)18(27)9-12(1-4-19(22)28)20(29)25-5-7-30-8-6-25/h2-3,10-12,26H,1,4-9H2,(H2,22,28)(H,23,24). The average molecular weight is 418 g/mol. The maximum absolute atomic E-state index is 13.5. The van der Waals surface area contributed by atoms with Gasteiger partial charge in [-0.05, 0) is 30.7 Å². The second-order valence-electron chi connectivity index (χ2n) is 7.10. The van der Waals surface area contributed by atoms with E-state index < -0.39 is 17.6 Å². The number of aromatic amines is 1. The Balaban J connectivity index is 1.75. The molecule has 1 aliphatic rings. The number of hydrogen-bond donors (Lipinski definition) is 3. The molecule has 0 bridgehead atoms. The van der Waals surface area contributed by atoms with E-state index in [0.29, 0.717) is 26.3 Å². The number of primary amides is 1. The van der Waals surface area contributed by atoms with Crippen LogP contribution in [0.25, 0.3) is 11.3 Å². The summed E-state index contributed by atoms with van der Waals surface area (Å²) >= 11 is 0. The van der Waals surface area contributed by atoms with E-state index in [1.807, 2.05) is 0 Å². The first-order chi connectivity index (χ1) is 14.3. The van der Waals surface area contributed by atoms with Crippen LogP contribution in [0.2, 0.25) is 0 Å². The molecule has 0 aliphatic carbocycles. The first kappa shape index (κ1) is 21.4. The van der Waals surface area contributed by atoms with Crippen LogP contribution in [-0.4, -0.2) is 64.1 Å². The molecule has 4 N–H and O–H groups in total. The number of phenolic OH excluding ortho intramolecular Hbond substituents is 1. The van der Waals surface area contributed by atoms with Crippen molar-refractivity contribution in [1.29, 1.82) is 0 Å². The number of ether oxygens (including phenoxy) is 1. The van der Waals surface area contributed by atoms with Crippen LogP contribution in [0.1, 0.15) is 29.8 Å². The number of Topliss-reactive ketones (excluding diaryl/α,β-unsaturated/α-hetero) is 1. The summed E-state index contributed by atoms with van der Waals surface area (Å²) in [6, 6.07) is 4.80. The summed E-state index contributed by atoms with van der Waals surface area (Å²) in [4.78, 5) is 38.4. The van der Waals surface area contributed by atoms with Crippen LogP contribution in [-0.2, 0) is 14.3 Å². The monoisotopic (exact) mass is 418 g/mol. The number of H-pyrrole nitrogens is 1. The maximum atomic E-state index is 13.5. The molecule has 10 heteroatoms. The Labute approximate surface area is 172 Å². The number of halogens is 1. The van der Waals surface area contributed by atoms with Crippen LogP contribution in [0.5, 0.6) is 5.75 Å². The van der Waals surface area contributed by atoms with Gasteiger partial charge in [0.15, 0.2) is 5.78 Å². The van der Waals surface area contributed by atoms with Gasteiger partial charge in [-0.3, -0.25) is 19.5 Å². The second kappa shape index (κ2) is 9.49. The van der Waals surface area contributed by atoms with Gasteiger partial charge in [-0.15, -0.1) is 0 Å². The van der Waals surface area contributed by atoms with Gasteiger partial charge in [0.2, 0.25) is 11.8 Å². The van der Waals surface area contributed by atoms with Gasteiger partial charge in [0, 0.05) is 37.4 Å². The Bertz CT molecular complexity index is 939. The van der Waals surface area contributed by atoms with Crippen LogP contribution >= 0.6 is 0 Å². The molecule has 1 saturated heterocycles. The van der Waals surface area contributed by atoms with Crippen molar-refractivity contribution in [1.82, 2.24) is 15.1 Å². The molecule has 1 aliphatic heterocycles. The number of carbonyl (C=O) groups is 3. The average Bonchev–Trinajstić information content (AvgIpc) is 3.23. The van der Waals surface area contributed by atoms with Crippen molar-refractivity contribution in [3.8, 4) is 17.0 Å². The summed E-state index contributed by atoms with van der Waals surface area (Å²) in [7, 11) is 0. The van der Waals surface area contributed by atoms with Gasteiger partial charge in [-0.25, -0.2) is 4.39 Å². The van der Waals surface area contributed by atoms with Crippen molar-refractivity contribution in [2.24, 2.45) is 11.7 Å². The molecule has 0 saturated carbocycles. The third-order valence-corrected chi connectivity index (χ3v) is 4.96. The van der Waals surface area contributed by atoms with Crippen molar-refractivity contribution in [3.05, 3.63) is 35.8 Å². The van der Waals surface area contributed by atoms with Gasteiger partial charge in [0.1, 0.15) is 17.3 Å². The quantitative estimate of drug-likeness (QED) is 0.551. The van der Waals surface area contributed by atoms with E-state index in [-0.39, 0.29) is 53.7 Å². The highest BCUT2D eigenvalue weighted by atomic mass is 19.1. The molecular weight excluding hydrogens is 395 g/mol. The van der Waals surface area contributed by atoms with Crippen LogP contribution in [0.15, 0.2) is 24.3 Å². The lowest BCUT2D eigenvalue weighted by molar-refractivity contribution is -0.140. The summed E-state index contributed by atoms with van der Waals surface area (Å²) in [5, 5.41) is 16.4. The number of nitrogens with zero attached hydrogens (tertiary/aromatic N) is 2. The van der Waals surface area contributed by atoms with E-state index in [4.69, 9.17) is 10.5 Å². The lowest BCUT2D eigenvalue weighted by Crippen LogP contribution is -2.44. The fourth-order valence-electron chi connectivity index (χ4n) is 3.32. The largest absolute Gasteiger partial charge is 0.507 e. The molecule has 1 fully saturated rings. The number of nitrogens with one attached hydrogen (secondary N) is 1. The number of carbonyl (C=O) groups excluding carboxylic acids is 3. The van der Waals surface area contributed by atoms with Crippen molar-refractivity contribution >= 4 is 17.6 Å². The fourth-order valence-corrected chi connectivity index (χ4v) is 3.32. The van der Waals surface area contributed by atoms with Crippen molar-refractivity contribution in [2.75, 3.05) is 26.3 Å². The molecule has 0 spiro atoms. The molecule has 160 valence electrons. The number of morpholine rings is 1. The summed E-state index contributed by atoms with van der Waals surface area (Å²) in [6.45, 7) is 1.69. The molecule has 1 atom stereocenters. The Morgan fingerprint density at radius 3 is 2.70 bits per heavy atom. The normalized spacial score (nSPS) is 15.0. The van der Waals surface area contributed by atoms with Crippen LogP contribution in [0, 0.1) is 11.7 Å². The van der Waals surface area contributed by atoms with E-state index in [1.54, 1.807) is 4.90 Å². The lowest BCUT2D eigenvalue weighted by Gasteiger charge is -2.30. The molecule has 1 aromatic heterocycles. The number of aromatic nitrogens is 2. The minimum Gasteiger partial charge on any atom is -0.507 e. The molecule has 2 aromatic rings. The van der Waals surface area contributed by atoms with Crippen molar-refractivity contribution in [2.45, 2.75) is 19.3 Å². The molecule has 1 aromatic carbocycles. The summed E-state index contributed by atoms with van der Waals surface area (Å²) in [5.41, 5.74) is 5.67. The van der Waals surface area contributed by atoms with Crippen molar-refractivity contribution in [3.63, 3.8) is 0 Å². The minimum absolute atomic E-state index is 0.0145. The van der Waals surface area contributed by atoms with Crippen LogP contribution < -0.4 is 5.73 Å². The molecule has 1 unspecified atom stereocenters. The highest BCUT2D eigenvalue weighted by molar-refractivity contribution is 5.98. The number of phenols is 1. The number of rotatable bonds is 8. The summed E-state index contributed by atoms with van der Waals surface area (Å²) in [5.74, 6) is -2.61. The topological polar surface area (TPSA) is 139 Å². The molecule has 30 heavy (non-hydrogen) atoms. The molecule has 9 nitrogen and oxygen atoms in total. The molecule has 3 rings (SSSR count). The predicted octanol–water partition coefficient (Wildman–Crippen LogP) is 1.23. The zero-order chi connectivity index (χ0) is 21.7. The van der Waals surface area contributed by atoms with E-state index in [0.717, 1.165) is 12.1 Å². The number of amides is 2. The van der Waals surface area contributed by atoms with E-state index in [2.05, 4.69) is 10.2 Å². The molecule has 2 amide bonds. The lowest BCUT2D eigenvalue weighted by atomic mass is 9.93. The van der Waals surface area contributed by atoms with E-state index in [1.165, 1.54) is 12.1 Å². The Hall–Kier alpha value is -3.27. The first-order valence-electron chi connectivity index (χ1n) is 9.57. The second-order valence-corrected chi connectivity index (χ2v) is 7.10. The summed E-state index contributed by atoms with van der Waals surface area (Å²) < 4.78 is 18.7. The maximum Gasteiger partial charge on any atom is 0.226 e. The van der Waals surface area contributed by atoms with E-state index in [9.17, 15) is 23.9 Å². The Kier molecular flexibility index (Phi) is 6.78. The number of aromatic hydroxyl groups is 1. The minimum atomic E-state index is -0.711. The number of benzene rings is 1. The zero-order valence-electron chi connectivity index (χ0n) is 16.3. The Morgan fingerprint density at radius 2 is 2.00 bits per heavy atom.